The molecular formula is C14H18N2O2. The predicted molar refractivity (Wildman–Crippen MR) is 70.6 cm³/mol. The minimum Gasteiger partial charge on any atom is -0.330 e. The van der Waals surface area contributed by atoms with E-state index in [2.05, 4.69) is 5.32 Å². The zero-order valence-electron chi connectivity index (χ0n) is 11.0. The van der Waals surface area contributed by atoms with Crippen LogP contribution in [-0.4, -0.2) is 29.8 Å². The van der Waals surface area contributed by atoms with E-state index in [1.807, 2.05) is 32.0 Å². The molecule has 0 spiro atoms. The number of likely N-dealkylation sites (N-methyl/N-ethyl adjacent to an activating group) is 1. The molecule has 18 heavy (non-hydrogen) atoms. The molecule has 0 saturated heterocycles. The van der Waals surface area contributed by atoms with Crippen LogP contribution in [0.1, 0.15) is 36.2 Å². The number of anilines is 1. The molecule has 0 bridgehead atoms. The number of benzene rings is 1. The highest BCUT2D eigenvalue weighted by Crippen LogP contribution is 2.24. The van der Waals surface area contributed by atoms with Gasteiger partial charge in [-0.15, -0.1) is 0 Å². The Labute approximate surface area is 107 Å². The number of carbonyl (C=O) groups is 2. The van der Waals surface area contributed by atoms with Crippen LogP contribution in [-0.2, 0) is 11.2 Å². The zero-order chi connectivity index (χ0) is 13.3. The van der Waals surface area contributed by atoms with Crippen LogP contribution in [0.3, 0.4) is 0 Å². The summed E-state index contributed by atoms with van der Waals surface area (Å²) in [7, 11) is 1.68. The molecule has 96 valence electrons. The fourth-order valence-electron chi connectivity index (χ4n) is 2.28. The first-order chi connectivity index (χ1) is 8.58. The molecule has 2 rings (SSSR count). The van der Waals surface area contributed by atoms with Crippen molar-refractivity contribution < 1.29 is 9.59 Å². The monoisotopic (exact) mass is 246 g/mol. The predicted octanol–water partition coefficient (Wildman–Crippen LogP) is 2.05. The third-order valence-electron chi connectivity index (χ3n) is 3.46. The first-order valence-electron chi connectivity index (χ1n) is 6.29. The van der Waals surface area contributed by atoms with E-state index < -0.39 is 6.04 Å². The normalized spacial score (nSPS) is 19.3. The number of carbonyl (C=O) groups excluding carboxylic acids is 2. The van der Waals surface area contributed by atoms with Crippen molar-refractivity contribution >= 4 is 17.5 Å². The van der Waals surface area contributed by atoms with Gasteiger partial charge in [0, 0.05) is 7.05 Å². The van der Waals surface area contributed by atoms with E-state index in [1.165, 1.54) is 4.90 Å². The molecule has 1 aromatic rings. The number of nitrogens with zero attached hydrogens (tertiary/aromatic N) is 1. The molecular weight excluding hydrogens is 228 g/mol. The molecule has 1 atom stereocenters. The number of amides is 2. The zero-order valence-corrected chi connectivity index (χ0v) is 11.0. The fourth-order valence-corrected chi connectivity index (χ4v) is 2.28. The van der Waals surface area contributed by atoms with E-state index in [-0.39, 0.29) is 11.8 Å². The summed E-state index contributed by atoms with van der Waals surface area (Å²) >= 11 is 0. The average molecular weight is 246 g/mol. The maximum absolute atomic E-state index is 12.4. The molecule has 4 nitrogen and oxygen atoms in total. The van der Waals surface area contributed by atoms with Crippen molar-refractivity contribution in [3.8, 4) is 0 Å². The molecule has 0 fully saturated rings. The van der Waals surface area contributed by atoms with E-state index in [0.717, 1.165) is 12.0 Å². The van der Waals surface area contributed by atoms with Gasteiger partial charge in [0.2, 0.25) is 5.91 Å². The van der Waals surface area contributed by atoms with Crippen LogP contribution in [0.2, 0.25) is 0 Å². The lowest BCUT2D eigenvalue weighted by Gasteiger charge is -2.22. The molecule has 0 aliphatic carbocycles. The Morgan fingerprint density at radius 2 is 2.00 bits per heavy atom. The molecule has 4 heteroatoms. The smallest absolute Gasteiger partial charge is 0.256 e. The second-order valence-corrected chi connectivity index (χ2v) is 4.56. The minimum absolute atomic E-state index is 0.0921. The first kappa shape index (κ1) is 12.6. The van der Waals surface area contributed by atoms with E-state index in [0.29, 0.717) is 17.7 Å². The summed E-state index contributed by atoms with van der Waals surface area (Å²) in [6, 6.07) is 5.23. The second kappa shape index (κ2) is 4.80. The average Bonchev–Trinajstić information content (AvgIpc) is 2.46. The number of aryl methyl sites for hydroxylation is 1. The van der Waals surface area contributed by atoms with E-state index >= 15 is 0 Å². The van der Waals surface area contributed by atoms with Crippen LogP contribution in [0.15, 0.2) is 18.2 Å². The Bertz CT molecular complexity index is 497. The van der Waals surface area contributed by atoms with Crippen molar-refractivity contribution in [2.24, 2.45) is 0 Å². The van der Waals surface area contributed by atoms with Crippen molar-refractivity contribution in [3.63, 3.8) is 0 Å². The van der Waals surface area contributed by atoms with Crippen molar-refractivity contribution in [2.45, 2.75) is 32.7 Å². The van der Waals surface area contributed by atoms with E-state index in [4.69, 9.17) is 0 Å². The Morgan fingerprint density at radius 1 is 1.28 bits per heavy atom. The highest BCUT2D eigenvalue weighted by atomic mass is 16.2. The van der Waals surface area contributed by atoms with Gasteiger partial charge in [-0.2, -0.15) is 0 Å². The number of hydrogen-bond acceptors (Lipinski definition) is 2. The van der Waals surface area contributed by atoms with Crippen LogP contribution in [0.4, 0.5) is 5.69 Å². The number of fused-ring (bicyclic) bond motifs is 1. The molecule has 0 radical (unpaired) electrons. The lowest BCUT2D eigenvalue weighted by Crippen LogP contribution is -2.42. The quantitative estimate of drug-likeness (QED) is 0.868. The van der Waals surface area contributed by atoms with Crippen molar-refractivity contribution in [1.29, 1.82) is 0 Å². The summed E-state index contributed by atoms with van der Waals surface area (Å²) in [5.74, 6) is -0.207. The summed E-state index contributed by atoms with van der Waals surface area (Å²) in [5, 5.41) is 2.83. The maximum atomic E-state index is 12.4. The summed E-state index contributed by atoms with van der Waals surface area (Å²) in [6.45, 7) is 3.95. The highest BCUT2D eigenvalue weighted by molar-refractivity contribution is 6.09. The topological polar surface area (TPSA) is 49.4 Å². The molecule has 1 heterocycles. The Kier molecular flexibility index (Phi) is 3.36. The summed E-state index contributed by atoms with van der Waals surface area (Å²) in [6.07, 6.45) is 1.48. The van der Waals surface area contributed by atoms with E-state index in [9.17, 15) is 9.59 Å². The largest absolute Gasteiger partial charge is 0.330 e. The van der Waals surface area contributed by atoms with Gasteiger partial charge >= 0.3 is 0 Å². The Morgan fingerprint density at radius 3 is 2.61 bits per heavy atom. The number of nitrogens with one attached hydrogen (secondary N) is 1. The molecule has 1 N–H and O–H groups in total. The summed E-state index contributed by atoms with van der Waals surface area (Å²) in [4.78, 5) is 25.9. The van der Waals surface area contributed by atoms with Gasteiger partial charge in [-0.3, -0.25) is 9.59 Å². The molecule has 1 aliphatic rings. The van der Waals surface area contributed by atoms with Crippen molar-refractivity contribution in [1.82, 2.24) is 4.90 Å². The summed E-state index contributed by atoms with van der Waals surface area (Å²) < 4.78 is 0. The fraction of sp³-hybridized carbons (Fsp3) is 0.429. The van der Waals surface area contributed by atoms with Gasteiger partial charge in [0.15, 0.2) is 0 Å². The van der Waals surface area contributed by atoms with Gasteiger partial charge in [-0.1, -0.05) is 19.9 Å². The van der Waals surface area contributed by atoms with E-state index in [1.54, 1.807) is 7.05 Å². The van der Waals surface area contributed by atoms with Crippen molar-refractivity contribution in [2.75, 3.05) is 12.4 Å². The highest BCUT2D eigenvalue weighted by Gasteiger charge is 2.31. The molecule has 1 aromatic carbocycles. The standard InChI is InChI=1S/C14H18N2O2/c1-4-9-6-7-11-10(8-9)14(18)16(3)12(5-2)13(17)15-11/h6-8,12H,4-5H2,1-3H3,(H,15,17)/t12-/m0/s1. The SMILES string of the molecule is CCc1ccc2c(c1)C(=O)N(C)[C@@H](CC)C(=O)N2. The Balaban J connectivity index is 2.50. The molecule has 1 aliphatic heterocycles. The number of hydrogen-bond donors (Lipinski definition) is 1. The number of rotatable bonds is 2. The van der Waals surface area contributed by atoms with Crippen LogP contribution < -0.4 is 5.32 Å². The first-order valence-corrected chi connectivity index (χ1v) is 6.29. The molecule has 0 unspecified atom stereocenters. The van der Waals surface area contributed by atoms with Crippen molar-refractivity contribution in [3.05, 3.63) is 29.3 Å². The molecule has 2 amide bonds. The second-order valence-electron chi connectivity index (χ2n) is 4.56. The molecule has 0 saturated carbocycles. The van der Waals surface area contributed by atoms with Crippen LogP contribution in [0, 0.1) is 0 Å². The lowest BCUT2D eigenvalue weighted by atomic mass is 10.1. The van der Waals surface area contributed by atoms with Gasteiger partial charge in [0.05, 0.1) is 11.3 Å². The third-order valence-corrected chi connectivity index (χ3v) is 3.46. The van der Waals surface area contributed by atoms with Gasteiger partial charge < -0.3 is 10.2 Å². The minimum atomic E-state index is -0.394. The third kappa shape index (κ3) is 1.98. The lowest BCUT2D eigenvalue weighted by molar-refractivity contribution is -0.120. The Hall–Kier alpha value is -1.84. The molecule has 0 aromatic heterocycles. The van der Waals surface area contributed by atoms with Crippen LogP contribution in [0.5, 0.6) is 0 Å². The van der Waals surface area contributed by atoms with Gasteiger partial charge in [-0.25, -0.2) is 0 Å². The maximum Gasteiger partial charge on any atom is 0.256 e. The van der Waals surface area contributed by atoms with Gasteiger partial charge in [-0.05, 0) is 30.5 Å². The summed E-state index contributed by atoms with van der Waals surface area (Å²) in [5.41, 5.74) is 2.30. The van der Waals surface area contributed by atoms with Gasteiger partial charge in [0.25, 0.3) is 5.91 Å². The van der Waals surface area contributed by atoms with Gasteiger partial charge in [0.1, 0.15) is 6.04 Å². The van der Waals surface area contributed by atoms with Crippen LogP contribution in [0.25, 0.3) is 0 Å². The van der Waals surface area contributed by atoms with Crippen LogP contribution >= 0.6 is 0 Å².